The molecule has 0 atom stereocenters. The summed E-state index contributed by atoms with van der Waals surface area (Å²) in [5, 5.41) is 14.1. The van der Waals surface area contributed by atoms with E-state index in [1.807, 2.05) is 0 Å². The Morgan fingerprint density at radius 1 is 1.69 bits per heavy atom. The number of carboxylic acid groups (broad SMARTS) is 1. The number of hydrogen-bond acceptors (Lipinski definition) is 4. The highest BCUT2D eigenvalue weighted by Gasteiger charge is 2.15. The Morgan fingerprint density at radius 3 is 2.85 bits per heavy atom. The van der Waals surface area contributed by atoms with Gasteiger partial charge in [-0.1, -0.05) is 5.16 Å². The second-order valence-corrected chi connectivity index (χ2v) is 2.24. The second-order valence-electron chi connectivity index (χ2n) is 2.24. The van der Waals surface area contributed by atoms with Crippen LogP contribution in [0.2, 0.25) is 0 Å². The Hall–Kier alpha value is -1.85. The van der Waals surface area contributed by atoms with E-state index in [1.54, 1.807) is 6.92 Å². The first-order valence-electron chi connectivity index (χ1n) is 3.63. The van der Waals surface area contributed by atoms with Crippen molar-refractivity contribution in [3.63, 3.8) is 0 Å². The molecule has 1 heterocycles. The van der Waals surface area contributed by atoms with E-state index in [1.165, 1.54) is 0 Å². The molecule has 70 valence electrons. The van der Waals surface area contributed by atoms with Crippen LogP contribution in [-0.4, -0.2) is 28.7 Å². The monoisotopic (exact) mass is 184 g/mol. The zero-order valence-corrected chi connectivity index (χ0v) is 6.90. The van der Waals surface area contributed by atoms with E-state index in [2.05, 4.69) is 15.0 Å². The fourth-order valence-corrected chi connectivity index (χ4v) is 0.731. The highest BCUT2D eigenvalue weighted by Crippen LogP contribution is 2.02. The molecule has 1 aromatic rings. The van der Waals surface area contributed by atoms with Crippen molar-refractivity contribution in [2.45, 2.75) is 6.92 Å². The first-order chi connectivity index (χ1) is 6.15. The van der Waals surface area contributed by atoms with Crippen molar-refractivity contribution in [1.82, 2.24) is 10.5 Å². The summed E-state index contributed by atoms with van der Waals surface area (Å²) in [6, 6.07) is 1.08. The maximum Gasteiger partial charge on any atom is 0.358 e. The second kappa shape index (κ2) is 3.70. The Bertz CT molecular complexity index is 331. The van der Waals surface area contributed by atoms with E-state index >= 15 is 0 Å². The Labute approximate surface area is 73.5 Å². The molecule has 2 N–H and O–H groups in total. The van der Waals surface area contributed by atoms with Gasteiger partial charge in [0.25, 0.3) is 5.91 Å². The van der Waals surface area contributed by atoms with Crippen LogP contribution in [0.1, 0.15) is 28.0 Å². The number of aromatic carboxylic acids is 1. The lowest BCUT2D eigenvalue weighted by atomic mass is 10.3. The third-order valence-corrected chi connectivity index (χ3v) is 1.29. The minimum Gasteiger partial charge on any atom is -0.476 e. The lowest BCUT2D eigenvalue weighted by molar-refractivity contribution is 0.0684. The number of carbonyl (C=O) groups is 2. The predicted octanol–water partition coefficient (Wildman–Crippen LogP) is 0.123. The van der Waals surface area contributed by atoms with Gasteiger partial charge >= 0.3 is 5.97 Å². The maximum absolute atomic E-state index is 11.0. The number of carboxylic acids is 1. The molecule has 6 heteroatoms. The summed E-state index contributed by atoms with van der Waals surface area (Å²) < 4.78 is 4.50. The van der Waals surface area contributed by atoms with Crippen molar-refractivity contribution < 1.29 is 19.2 Å². The molecule has 0 aliphatic carbocycles. The normalized spacial score (nSPS) is 9.62. The molecule has 0 saturated heterocycles. The van der Waals surface area contributed by atoms with Crippen LogP contribution in [0.25, 0.3) is 0 Å². The zero-order chi connectivity index (χ0) is 9.84. The van der Waals surface area contributed by atoms with Gasteiger partial charge < -0.3 is 14.9 Å². The molecular formula is C7H8N2O4. The van der Waals surface area contributed by atoms with Crippen molar-refractivity contribution in [3.8, 4) is 0 Å². The van der Waals surface area contributed by atoms with Gasteiger partial charge in [-0.15, -0.1) is 0 Å². The van der Waals surface area contributed by atoms with Gasteiger partial charge in [-0.05, 0) is 6.92 Å². The SMILES string of the molecule is CCNC(=O)c1cc(C(=O)O)no1. The highest BCUT2D eigenvalue weighted by molar-refractivity contribution is 5.94. The topological polar surface area (TPSA) is 92.4 Å². The summed E-state index contributed by atoms with van der Waals surface area (Å²) in [5.41, 5.74) is -0.277. The molecule has 1 aromatic heterocycles. The van der Waals surface area contributed by atoms with Crippen molar-refractivity contribution in [1.29, 1.82) is 0 Å². The molecule has 0 aliphatic rings. The summed E-state index contributed by atoms with van der Waals surface area (Å²) in [4.78, 5) is 21.4. The van der Waals surface area contributed by atoms with Crippen LogP contribution >= 0.6 is 0 Å². The number of aromatic nitrogens is 1. The Morgan fingerprint density at radius 2 is 2.38 bits per heavy atom. The molecule has 0 spiro atoms. The van der Waals surface area contributed by atoms with Crippen LogP contribution in [0.4, 0.5) is 0 Å². The van der Waals surface area contributed by atoms with Gasteiger partial charge in [0.05, 0.1) is 0 Å². The van der Waals surface area contributed by atoms with E-state index in [0.29, 0.717) is 6.54 Å². The number of rotatable bonds is 3. The third kappa shape index (κ3) is 2.05. The van der Waals surface area contributed by atoms with E-state index < -0.39 is 11.9 Å². The summed E-state index contributed by atoms with van der Waals surface area (Å²) in [7, 11) is 0. The Balaban J connectivity index is 2.79. The predicted molar refractivity (Wildman–Crippen MR) is 41.5 cm³/mol. The Kier molecular flexibility index (Phi) is 2.63. The van der Waals surface area contributed by atoms with Crippen molar-refractivity contribution in [2.75, 3.05) is 6.54 Å². The quantitative estimate of drug-likeness (QED) is 0.696. The lowest BCUT2D eigenvalue weighted by Gasteiger charge is -1.94. The molecule has 1 amide bonds. The van der Waals surface area contributed by atoms with Crippen molar-refractivity contribution in [3.05, 3.63) is 17.5 Å². The van der Waals surface area contributed by atoms with E-state index in [4.69, 9.17) is 5.11 Å². The number of nitrogens with one attached hydrogen (secondary N) is 1. The number of hydrogen-bond donors (Lipinski definition) is 2. The van der Waals surface area contributed by atoms with Gasteiger partial charge in [-0.25, -0.2) is 4.79 Å². The fraction of sp³-hybridized carbons (Fsp3) is 0.286. The smallest absolute Gasteiger partial charge is 0.358 e. The van der Waals surface area contributed by atoms with Crippen LogP contribution < -0.4 is 5.32 Å². The van der Waals surface area contributed by atoms with Crippen LogP contribution in [0.15, 0.2) is 10.6 Å². The summed E-state index contributed by atoms with van der Waals surface area (Å²) in [5.74, 6) is -1.79. The van der Waals surface area contributed by atoms with Crippen molar-refractivity contribution >= 4 is 11.9 Å². The van der Waals surface area contributed by atoms with Crippen LogP contribution in [0.5, 0.6) is 0 Å². The average Bonchev–Trinajstić information content (AvgIpc) is 2.52. The molecule has 0 saturated carbocycles. The summed E-state index contributed by atoms with van der Waals surface area (Å²) in [6.45, 7) is 2.19. The van der Waals surface area contributed by atoms with E-state index in [9.17, 15) is 9.59 Å². The first kappa shape index (κ1) is 9.24. The zero-order valence-electron chi connectivity index (χ0n) is 6.90. The minimum atomic E-state index is -1.22. The molecule has 6 nitrogen and oxygen atoms in total. The minimum absolute atomic E-state index is 0.0979. The third-order valence-electron chi connectivity index (χ3n) is 1.29. The van der Waals surface area contributed by atoms with Crippen LogP contribution in [0.3, 0.4) is 0 Å². The van der Waals surface area contributed by atoms with E-state index in [0.717, 1.165) is 6.07 Å². The average molecular weight is 184 g/mol. The lowest BCUT2D eigenvalue weighted by Crippen LogP contribution is -2.21. The van der Waals surface area contributed by atoms with Gasteiger partial charge in [0, 0.05) is 12.6 Å². The van der Waals surface area contributed by atoms with Gasteiger partial charge in [0.15, 0.2) is 5.69 Å². The van der Waals surface area contributed by atoms with E-state index in [-0.39, 0.29) is 11.5 Å². The van der Waals surface area contributed by atoms with Crippen LogP contribution in [0, 0.1) is 0 Å². The number of carbonyl (C=O) groups excluding carboxylic acids is 1. The van der Waals surface area contributed by atoms with Gasteiger partial charge in [-0.2, -0.15) is 0 Å². The molecule has 0 aromatic carbocycles. The number of amides is 1. The summed E-state index contributed by atoms with van der Waals surface area (Å²) >= 11 is 0. The molecular weight excluding hydrogens is 176 g/mol. The molecule has 0 aliphatic heterocycles. The molecule has 1 rings (SSSR count). The molecule has 0 fully saturated rings. The molecule has 0 radical (unpaired) electrons. The standard InChI is InChI=1S/C7H8N2O4/c1-2-8-6(10)5-3-4(7(11)12)9-13-5/h3H,2H2,1H3,(H,8,10)(H,11,12). The van der Waals surface area contributed by atoms with Gasteiger partial charge in [0.1, 0.15) is 0 Å². The van der Waals surface area contributed by atoms with Crippen molar-refractivity contribution in [2.24, 2.45) is 0 Å². The molecule has 13 heavy (non-hydrogen) atoms. The fourth-order valence-electron chi connectivity index (χ4n) is 0.731. The molecule has 0 unspecified atom stereocenters. The largest absolute Gasteiger partial charge is 0.476 e. The van der Waals surface area contributed by atoms with Gasteiger partial charge in [0.2, 0.25) is 5.76 Å². The first-order valence-corrected chi connectivity index (χ1v) is 3.63. The van der Waals surface area contributed by atoms with Crippen LogP contribution in [-0.2, 0) is 0 Å². The molecule has 0 bridgehead atoms. The number of nitrogens with zero attached hydrogens (tertiary/aromatic N) is 1. The summed E-state index contributed by atoms with van der Waals surface area (Å²) in [6.07, 6.45) is 0. The maximum atomic E-state index is 11.0. The van der Waals surface area contributed by atoms with Gasteiger partial charge in [-0.3, -0.25) is 4.79 Å². The highest BCUT2D eigenvalue weighted by atomic mass is 16.5.